The van der Waals surface area contributed by atoms with Gasteiger partial charge in [-0.25, -0.2) is 9.97 Å². The quantitative estimate of drug-likeness (QED) is 0.563. The predicted molar refractivity (Wildman–Crippen MR) is 30.4 cm³/mol. The standard InChI is InChI=1S/C5H6N3/c1-6-5-7-3-2-4-8-5/h2-3H,1H3,(H,6,7,8). The first-order chi connectivity index (χ1) is 3.93. The van der Waals surface area contributed by atoms with Crippen molar-refractivity contribution in [1.82, 2.24) is 9.97 Å². The van der Waals surface area contributed by atoms with Crippen LogP contribution in [0.1, 0.15) is 0 Å². The molecule has 0 aliphatic carbocycles. The second-order valence-electron chi connectivity index (χ2n) is 1.26. The zero-order chi connectivity index (χ0) is 5.82. The van der Waals surface area contributed by atoms with Gasteiger partial charge in [-0.3, -0.25) is 0 Å². The van der Waals surface area contributed by atoms with Gasteiger partial charge in [0.15, 0.2) is 0 Å². The van der Waals surface area contributed by atoms with Crippen LogP contribution in [-0.2, 0) is 0 Å². The van der Waals surface area contributed by atoms with Crippen molar-refractivity contribution < 1.29 is 0 Å². The molecule has 0 aromatic carbocycles. The molecular formula is C5H6N3. The first kappa shape index (κ1) is 5.03. The molecule has 1 N–H and O–H groups in total. The Labute approximate surface area is 47.8 Å². The lowest BCUT2D eigenvalue weighted by molar-refractivity contribution is 1.14. The minimum atomic E-state index is 0.604. The minimum Gasteiger partial charge on any atom is -0.357 e. The maximum atomic E-state index is 3.84. The van der Waals surface area contributed by atoms with E-state index in [1.165, 1.54) is 0 Å². The first-order valence-corrected chi connectivity index (χ1v) is 2.30. The normalized spacial score (nSPS) is 8.62. The smallest absolute Gasteiger partial charge is 0.222 e. The van der Waals surface area contributed by atoms with Crippen molar-refractivity contribution in [2.45, 2.75) is 0 Å². The van der Waals surface area contributed by atoms with Gasteiger partial charge in [-0.15, -0.1) is 0 Å². The van der Waals surface area contributed by atoms with Gasteiger partial charge >= 0.3 is 0 Å². The second kappa shape index (κ2) is 2.26. The molecular weight excluding hydrogens is 102 g/mol. The lowest BCUT2D eigenvalue weighted by Crippen LogP contribution is -1.93. The summed E-state index contributed by atoms with van der Waals surface area (Å²) in [4.78, 5) is 7.59. The van der Waals surface area contributed by atoms with Crippen LogP contribution in [0.25, 0.3) is 0 Å². The molecule has 0 aliphatic heterocycles. The number of hydrogen-bond acceptors (Lipinski definition) is 3. The molecule has 1 heterocycles. The molecule has 1 radical (unpaired) electrons. The van der Waals surface area contributed by atoms with E-state index in [2.05, 4.69) is 21.5 Å². The molecule has 0 saturated carbocycles. The topological polar surface area (TPSA) is 37.8 Å². The van der Waals surface area contributed by atoms with Crippen LogP contribution in [0.4, 0.5) is 5.95 Å². The fraction of sp³-hybridized carbons (Fsp3) is 0.200. The van der Waals surface area contributed by atoms with E-state index in [1.54, 1.807) is 19.3 Å². The van der Waals surface area contributed by atoms with Gasteiger partial charge in [0.25, 0.3) is 0 Å². The third-order valence-corrected chi connectivity index (χ3v) is 0.740. The highest BCUT2D eigenvalue weighted by molar-refractivity contribution is 5.19. The Morgan fingerprint density at radius 2 is 2.62 bits per heavy atom. The van der Waals surface area contributed by atoms with Crippen molar-refractivity contribution >= 4 is 5.95 Å². The molecule has 1 aromatic rings. The lowest BCUT2D eigenvalue weighted by Gasteiger charge is -1.90. The van der Waals surface area contributed by atoms with Gasteiger partial charge in [0.1, 0.15) is 0 Å². The Kier molecular flexibility index (Phi) is 1.42. The number of rotatable bonds is 1. The fourth-order valence-corrected chi connectivity index (χ4v) is 0.389. The van der Waals surface area contributed by atoms with Crippen molar-refractivity contribution in [2.75, 3.05) is 12.4 Å². The summed E-state index contributed by atoms with van der Waals surface area (Å²) in [6, 6.07) is 1.65. The molecule has 1 aromatic heterocycles. The van der Waals surface area contributed by atoms with Gasteiger partial charge in [0.05, 0.1) is 6.20 Å². The van der Waals surface area contributed by atoms with Crippen molar-refractivity contribution in [3.8, 4) is 0 Å². The Hall–Kier alpha value is -1.12. The third-order valence-electron chi connectivity index (χ3n) is 0.740. The molecule has 41 valence electrons. The Bertz CT molecular complexity index is 149. The number of anilines is 1. The summed E-state index contributed by atoms with van der Waals surface area (Å²) in [5, 5.41) is 2.77. The van der Waals surface area contributed by atoms with Crippen molar-refractivity contribution in [3.63, 3.8) is 0 Å². The summed E-state index contributed by atoms with van der Waals surface area (Å²) in [7, 11) is 1.77. The summed E-state index contributed by atoms with van der Waals surface area (Å²) in [5.41, 5.74) is 0. The molecule has 0 spiro atoms. The lowest BCUT2D eigenvalue weighted by atomic mass is 10.7. The molecule has 8 heavy (non-hydrogen) atoms. The summed E-state index contributed by atoms with van der Waals surface area (Å²) in [6.07, 6.45) is 4.27. The molecule has 0 saturated heterocycles. The Balaban J connectivity index is 2.83. The number of nitrogens with zero attached hydrogens (tertiary/aromatic N) is 2. The van der Waals surface area contributed by atoms with Gasteiger partial charge in [0, 0.05) is 13.2 Å². The molecule has 0 fully saturated rings. The van der Waals surface area contributed by atoms with Gasteiger partial charge < -0.3 is 5.32 Å². The van der Waals surface area contributed by atoms with E-state index in [0.29, 0.717) is 5.95 Å². The van der Waals surface area contributed by atoms with Crippen LogP contribution in [0.15, 0.2) is 12.3 Å². The van der Waals surface area contributed by atoms with E-state index in [-0.39, 0.29) is 0 Å². The summed E-state index contributed by atoms with van der Waals surface area (Å²) < 4.78 is 0. The maximum absolute atomic E-state index is 3.84. The van der Waals surface area contributed by atoms with Crippen molar-refractivity contribution in [1.29, 1.82) is 0 Å². The van der Waals surface area contributed by atoms with E-state index in [9.17, 15) is 0 Å². The van der Waals surface area contributed by atoms with E-state index in [4.69, 9.17) is 0 Å². The highest BCUT2D eigenvalue weighted by Crippen LogP contribution is 1.87. The summed E-state index contributed by atoms with van der Waals surface area (Å²) >= 11 is 0. The van der Waals surface area contributed by atoms with Crippen LogP contribution >= 0.6 is 0 Å². The summed E-state index contributed by atoms with van der Waals surface area (Å²) in [6.45, 7) is 0. The zero-order valence-electron chi connectivity index (χ0n) is 4.55. The van der Waals surface area contributed by atoms with Crippen LogP contribution < -0.4 is 5.32 Å². The molecule has 0 aliphatic rings. The van der Waals surface area contributed by atoms with Gasteiger partial charge in [-0.2, -0.15) is 0 Å². The summed E-state index contributed by atoms with van der Waals surface area (Å²) in [5.74, 6) is 0.604. The fourth-order valence-electron chi connectivity index (χ4n) is 0.389. The minimum absolute atomic E-state index is 0.604. The van der Waals surface area contributed by atoms with Crippen LogP contribution in [0.5, 0.6) is 0 Å². The van der Waals surface area contributed by atoms with Gasteiger partial charge in [-0.05, 0) is 6.07 Å². The van der Waals surface area contributed by atoms with E-state index in [1.807, 2.05) is 0 Å². The van der Waals surface area contributed by atoms with Crippen molar-refractivity contribution in [3.05, 3.63) is 18.5 Å². The highest BCUT2D eigenvalue weighted by atomic mass is 15.1. The highest BCUT2D eigenvalue weighted by Gasteiger charge is 1.82. The first-order valence-electron chi connectivity index (χ1n) is 2.30. The Morgan fingerprint density at radius 3 is 3.00 bits per heavy atom. The van der Waals surface area contributed by atoms with Crippen molar-refractivity contribution in [2.24, 2.45) is 0 Å². The second-order valence-corrected chi connectivity index (χ2v) is 1.26. The number of aromatic nitrogens is 2. The SMILES string of the molecule is CNc1n[c]ccn1. The zero-order valence-corrected chi connectivity index (χ0v) is 4.55. The molecule has 0 atom stereocenters. The maximum Gasteiger partial charge on any atom is 0.222 e. The molecule has 0 bridgehead atoms. The average molecular weight is 108 g/mol. The monoisotopic (exact) mass is 108 g/mol. The average Bonchev–Trinajstić information content (AvgIpc) is 1.90. The van der Waals surface area contributed by atoms with E-state index < -0.39 is 0 Å². The third kappa shape index (κ3) is 0.932. The molecule has 1 rings (SSSR count). The molecule has 0 unspecified atom stereocenters. The Morgan fingerprint density at radius 1 is 1.75 bits per heavy atom. The van der Waals surface area contributed by atoms with E-state index >= 15 is 0 Å². The molecule has 0 amide bonds. The van der Waals surface area contributed by atoms with Crippen LogP contribution in [0, 0.1) is 6.20 Å². The van der Waals surface area contributed by atoms with Gasteiger partial charge in [-0.1, -0.05) is 0 Å². The largest absolute Gasteiger partial charge is 0.357 e. The predicted octanol–water partition coefficient (Wildman–Crippen LogP) is 0.318. The van der Waals surface area contributed by atoms with Gasteiger partial charge in [0.2, 0.25) is 5.95 Å². The number of nitrogens with one attached hydrogen (secondary N) is 1. The molecule has 3 nitrogen and oxygen atoms in total. The number of hydrogen-bond donors (Lipinski definition) is 1. The van der Waals surface area contributed by atoms with E-state index in [0.717, 1.165) is 0 Å². The van der Waals surface area contributed by atoms with Crippen LogP contribution in [-0.4, -0.2) is 17.0 Å². The molecule has 3 heteroatoms. The van der Waals surface area contributed by atoms with Crippen LogP contribution in [0.2, 0.25) is 0 Å². The van der Waals surface area contributed by atoms with Crippen LogP contribution in [0.3, 0.4) is 0 Å².